The lowest BCUT2D eigenvalue weighted by molar-refractivity contribution is 0.0600. The van der Waals surface area contributed by atoms with Crippen LogP contribution in [0.4, 0.5) is 8.78 Å². The zero-order valence-corrected chi connectivity index (χ0v) is 12.3. The highest BCUT2D eigenvalue weighted by Gasteiger charge is 2.18. The number of rotatable bonds is 4. The number of halogens is 2. The summed E-state index contributed by atoms with van der Waals surface area (Å²) >= 11 is 0. The lowest BCUT2D eigenvalue weighted by Gasteiger charge is -2.10. The fourth-order valence-corrected chi connectivity index (χ4v) is 1.81. The van der Waals surface area contributed by atoms with Crippen molar-refractivity contribution >= 4 is 11.9 Å². The van der Waals surface area contributed by atoms with E-state index in [2.05, 4.69) is 4.74 Å². The predicted molar refractivity (Wildman–Crippen MR) is 75.7 cm³/mol. The zero-order valence-electron chi connectivity index (χ0n) is 12.3. The Morgan fingerprint density at radius 3 is 2.30 bits per heavy atom. The van der Waals surface area contributed by atoms with Gasteiger partial charge in [0.05, 0.1) is 25.3 Å². The van der Waals surface area contributed by atoms with E-state index in [9.17, 15) is 18.4 Å². The summed E-state index contributed by atoms with van der Waals surface area (Å²) in [7, 11) is 2.52. The molecule has 0 fully saturated rings. The van der Waals surface area contributed by atoms with Gasteiger partial charge in [-0.25, -0.2) is 18.4 Å². The van der Waals surface area contributed by atoms with Crippen LogP contribution in [0.5, 0.6) is 11.5 Å². The van der Waals surface area contributed by atoms with Crippen molar-refractivity contribution in [3.8, 4) is 11.5 Å². The normalized spacial score (nSPS) is 10.1. The Labute approximate surface area is 130 Å². The molecule has 120 valence electrons. The first kappa shape index (κ1) is 16.4. The van der Waals surface area contributed by atoms with Gasteiger partial charge in [0.2, 0.25) is 0 Å². The highest BCUT2D eigenvalue weighted by Crippen LogP contribution is 2.29. The first-order valence-corrected chi connectivity index (χ1v) is 6.40. The molecule has 0 aliphatic heterocycles. The van der Waals surface area contributed by atoms with Gasteiger partial charge in [-0.2, -0.15) is 0 Å². The molecule has 0 atom stereocenters. The summed E-state index contributed by atoms with van der Waals surface area (Å²) in [6, 6.07) is 6.38. The van der Waals surface area contributed by atoms with Gasteiger partial charge >= 0.3 is 11.9 Å². The Hall–Kier alpha value is -2.96. The molecular formula is C16H12F2O5. The van der Waals surface area contributed by atoms with E-state index < -0.39 is 29.1 Å². The second-order valence-electron chi connectivity index (χ2n) is 4.37. The highest BCUT2D eigenvalue weighted by molar-refractivity contribution is 5.93. The minimum absolute atomic E-state index is 0.0474. The summed E-state index contributed by atoms with van der Waals surface area (Å²) in [6.45, 7) is 0. The third kappa shape index (κ3) is 3.63. The maximum atomic E-state index is 13.6. The molecular weight excluding hydrogens is 310 g/mol. The van der Waals surface area contributed by atoms with E-state index in [-0.39, 0.29) is 17.1 Å². The number of hydrogen-bond acceptors (Lipinski definition) is 5. The summed E-state index contributed by atoms with van der Waals surface area (Å²) in [5, 5.41) is 0. The average molecular weight is 322 g/mol. The molecule has 0 aliphatic carbocycles. The van der Waals surface area contributed by atoms with Crippen molar-refractivity contribution in [2.45, 2.75) is 0 Å². The Bertz CT molecular complexity index is 758. The van der Waals surface area contributed by atoms with Gasteiger partial charge in [-0.05, 0) is 36.4 Å². The number of ether oxygens (including phenoxy) is 3. The van der Waals surface area contributed by atoms with Crippen LogP contribution in [0.1, 0.15) is 20.7 Å². The van der Waals surface area contributed by atoms with E-state index in [1.807, 2.05) is 0 Å². The van der Waals surface area contributed by atoms with Crippen LogP contribution < -0.4 is 9.47 Å². The third-order valence-electron chi connectivity index (χ3n) is 2.94. The van der Waals surface area contributed by atoms with Crippen molar-refractivity contribution in [2.75, 3.05) is 14.2 Å². The first-order valence-electron chi connectivity index (χ1n) is 6.40. The molecule has 0 saturated heterocycles. The van der Waals surface area contributed by atoms with Crippen LogP contribution in [0.2, 0.25) is 0 Å². The maximum Gasteiger partial charge on any atom is 0.346 e. The molecule has 0 bridgehead atoms. The standard InChI is InChI=1S/C16H12F2O5/c1-21-14-7-9(15(19)22-2)3-6-13(14)23-16(20)11-8-10(17)4-5-12(11)18/h3-8H,1-2H3. The number of methoxy groups -OCH3 is 2. The van der Waals surface area contributed by atoms with Gasteiger partial charge < -0.3 is 14.2 Å². The van der Waals surface area contributed by atoms with E-state index >= 15 is 0 Å². The lowest BCUT2D eigenvalue weighted by atomic mass is 10.2. The Morgan fingerprint density at radius 2 is 1.65 bits per heavy atom. The van der Waals surface area contributed by atoms with Gasteiger partial charge in [-0.3, -0.25) is 0 Å². The molecule has 2 aromatic carbocycles. The van der Waals surface area contributed by atoms with Crippen LogP contribution in [0.15, 0.2) is 36.4 Å². The lowest BCUT2D eigenvalue weighted by Crippen LogP contribution is -2.12. The number of carbonyl (C=O) groups excluding carboxylic acids is 2. The fourth-order valence-electron chi connectivity index (χ4n) is 1.81. The Balaban J connectivity index is 2.30. The second kappa shape index (κ2) is 6.87. The second-order valence-corrected chi connectivity index (χ2v) is 4.37. The molecule has 0 spiro atoms. The van der Waals surface area contributed by atoms with Gasteiger partial charge in [0.25, 0.3) is 0 Å². The number of benzene rings is 2. The van der Waals surface area contributed by atoms with Gasteiger partial charge in [0, 0.05) is 0 Å². The van der Waals surface area contributed by atoms with Crippen molar-refractivity contribution in [1.82, 2.24) is 0 Å². The number of carbonyl (C=O) groups is 2. The van der Waals surface area contributed by atoms with Gasteiger partial charge in [-0.1, -0.05) is 0 Å². The molecule has 23 heavy (non-hydrogen) atoms. The molecule has 0 aromatic heterocycles. The first-order chi connectivity index (χ1) is 11.0. The Morgan fingerprint density at radius 1 is 0.913 bits per heavy atom. The molecule has 0 radical (unpaired) electrons. The smallest absolute Gasteiger partial charge is 0.346 e. The van der Waals surface area contributed by atoms with Gasteiger partial charge in [0.1, 0.15) is 11.6 Å². The summed E-state index contributed by atoms with van der Waals surface area (Å²) < 4.78 is 41.3. The molecule has 0 unspecified atom stereocenters. The van der Waals surface area contributed by atoms with E-state index in [4.69, 9.17) is 9.47 Å². The van der Waals surface area contributed by atoms with E-state index in [0.29, 0.717) is 0 Å². The van der Waals surface area contributed by atoms with E-state index in [0.717, 1.165) is 18.2 Å². The molecule has 0 N–H and O–H groups in total. The van der Waals surface area contributed by atoms with Crippen LogP contribution in [-0.2, 0) is 4.74 Å². The van der Waals surface area contributed by atoms with Crippen LogP contribution in [0.25, 0.3) is 0 Å². The quantitative estimate of drug-likeness (QED) is 0.640. The van der Waals surface area contributed by atoms with Gasteiger partial charge in [0.15, 0.2) is 11.5 Å². The molecule has 0 saturated carbocycles. The largest absolute Gasteiger partial charge is 0.493 e. The summed E-state index contributed by atoms with van der Waals surface area (Å²) in [4.78, 5) is 23.4. The molecule has 2 rings (SSSR count). The number of esters is 2. The molecule has 0 amide bonds. The summed E-state index contributed by atoms with van der Waals surface area (Å²) in [5.41, 5.74) is -0.370. The van der Waals surface area contributed by atoms with Gasteiger partial charge in [-0.15, -0.1) is 0 Å². The highest BCUT2D eigenvalue weighted by atomic mass is 19.1. The SMILES string of the molecule is COC(=O)c1ccc(OC(=O)c2cc(F)ccc2F)c(OC)c1. The minimum Gasteiger partial charge on any atom is -0.493 e. The van der Waals surface area contributed by atoms with Crippen LogP contribution in [0.3, 0.4) is 0 Å². The number of hydrogen-bond donors (Lipinski definition) is 0. The summed E-state index contributed by atoms with van der Waals surface area (Å²) in [5.74, 6) is -3.36. The van der Waals surface area contributed by atoms with Crippen molar-refractivity contribution < 1.29 is 32.6 Å². The zero-order chi connectivity index (χ0) is 17.0. The fraction of sp³-hybridized carbons (Fsp3) is 0.125. The molecule has 2 aromatic rings. The van der Waals surface area contributed by atoms with Crippen LogP contribution in [0, 0.1) is 11.6 Å². The van der Waals surface area contributed by atoms with Crippen molar-refractivity contribution in [2.24, 2.45) is 0 Å². The molecule has 7 heteroatoms. The van der Waals surface area contributed by atoms with Crippen molar-refractivity contribution in [3.63, 3.8) is 0 Å². The predicted octanol–water partition coefficient (Wildman–Crippen LogP) is 2.98. The average Bonchev–Trinajstić information content (AvgIpc) is 2.56. The molecule has 0 heterocycles. The maximum absolute atomic E-state index is 13.6. The molecule has 0 aliphatic rings. The van der Waals surface area contributed by atoms with E-state index in [1.165, 1.54) is 32.4 Å². The third-order valence-corrected chi connectivity index (χ3v) is 2.94. The van der Waals surface area contributed by atoms with Crippen LogP contribution >= 0.6 is 0 Å². The minimum atomic E-state index is -1.09. The monoisotopic (exact) mass is 322 g/mol. The van der Waals surface area contributed by atoms with E-state index in [1.54, 1.807) is 0 Å². The van der Waals surface area contributed by atoms with Crippen molar-refractivity contribution in [3.05, 3.63) is 59.2 Å². The molecule has 5 nitrogen and oxygen atoms in total. The topological polar surface area (TPSA) is 61.8 Å². The van der Waals surface area contributed by atoms with Crippen LogP contribution in [-0.4, -0.2) is 26.2 Å². The summed E-state index contributed by atoms with van der Waals surface area (Å²) in [6.07, 6.45) is 0. The Kier molecular flexibility index (Phi) is 4.90. The van der Waals surface area contributed by atoms with Crippen molar-refractivity contribution in [1.29, 1.82) is 0 Å².